The van der Waals surface area contributed by atoms with Gasteiger partial charge in [-0.1, -0.05) is 30.0 Å². The summed E-state index contributed by atoms with van der Waals surface area (Å²) in [6.45, 7) is 0. The zero-order chi connectivity index (χ0) is 8.97. The Labute approximate surface area is 76.5 Å². The minimum atomic E-state index is 0.746. The summed E-state index contributed by atoms with van der Waals surface area (Å²) in [5.74, 6) is 0. The van der Waals surface area contributed by atoms with E-state index < -0.39 is 0 Å². The Bertz CT molecular complexity index is 278. The molecule has 0 unspecified atom stereocenters. The van der Waals surface area contributed by atoms with Gasteiger partial charge in [-0.3, -0.25) is 0 Å². The SMILES string of the molecule is CSC(c1ccccc1)=[N+](C)[O-]. The summed E-state index contributed by atoms with van der Waals surface area (Å²) >= 11 is 1.46. The minimum Gasteiger partial charge on any atom is -0.623 e. The minimum absolute atomic E-state index is 0.746. The Morgan fingerprint density at radius 2 is 1.92 bits per heavy atom. The molecule has 0 aliphatic rings. The van der Waals surface area contributed by atoms with Crippen LogP contribution in [0.15, 0.2) is 30.3 Å². The van der Waals surface area contributed by atoms with Crippen LogP contribution < -0.4 is 0 Å². The highest BCUT2D eigenvalue weighted by atomic mass is 32.2. The van der Waals surface area contributed by atoms with Crippen molar-refractivity contribution >= 4 is 16.8 Å². The second-order valence-corrected chi connectivity index (χ2v) is 3.17. The molecule has 1 rings (SSSR count). The third kappa shape index (κ3) is 2.01. The van der Waals surface area contributed by atoms with Crippen molar-refractivity contribution in [2.24, 2.45) is 0 Å². The van der Waals surface area contributed by atoms with Crippen molar-refractivity contribution in [1.29, 1.82) is 0 Å². The second kappa shape index (κ2) is 4.16. The van der Waals surface area contributed by atoms with E-state index in [0.29, 0.717) is 0 Å². The van der Waals surface area contributed by atoms with Crippen LogP contribution in [0.25, 0.3) is 0 Å². The van der Waals surface area contributed by atoms with E-state index in [-0.39, 0.29) is 0 Å². The standard InChI is InChI=1S/C9H11NOS/c1-10(11)9(12-2)8-6-4-3-5-7-8/h3-7H,1-2H3. The lowest BCUT2D eigenvalue weighted by Crippen LogP contribution is -2.08. The van der Waals surface area contributed by atoms with Crippen LogP contribution in [-0.4, -0.2) is 23.1 Å². The van der Waals surface area contributed by atoms with E-state index in [1.165, 1.54) is 18.8 Å². The highest BCUT2D eigenvalue weighted by Gasteiger charge is 2.07. The molecular weight excluding hydrogens is 170 g/mol. The number of thioether (sulfide) groups is 1. The fourth-order valence-electron chi connectivity index (χ4n) is 1.01. The zero-order valence-corrected chi connectivity index (χ0v) is 7.97. The number of nitrogens with zero attached hydrogens (tertiary/aromatic N) is 1. The highest BCUT2D eigenvalue weighted by Crippen LogP contribution is 2.09. The molecule has 0 N–H and O–H groups in total. The average molecular weight is 181 g/mol. The molecule has 0 atom stereocenters. The van der Waals surface area contributed by atoms with Crippen molar-refractivity contribution < 1.29 is 4.74 Å². The predicted octanol–water partition coefficient (Wildman–Crippen LogP) is 1.94. The average Bonchev–Trinajstić information content (AvgIpc) is 2.07. The number of hydrogen-bond acceptors (Lipinski definition) is 2. The second-order valence-electron chi connectivity index (χ2n) is 2.37. The Morgan fingerprint density at radius 1 is 1.33 bits per heavy atom. The van der Waals surface area contributed by atoms with Crippen LogP contribution in [0, 0.1) is 5.21 Å². The molecule has 0 heterocycles. The predicted molar refractivity (Wildman–Crippen MR) is 53.6 cm³/mol. The molecule has 0 saturated carbocycles. The van der Waals surface area contributed by atoms with Gasteiger partial charge in [0.15, 0.2) is 0 Å². The molecule has 1 aromatic rings. The van der Waals surface area contributed by atoms with E-state index in [1.54, 1.807) is 0 Å². The maximum atomic E-state index is 11.0. The summed E-state index contributed by atoms with van der Waals surface area (Å²) in [7, 11) is 1.51. The molecule has 1 aromatic carbocycles. The molecule has 0 amide bonds. The lowest BCUT2D eigenvalue weighted by atomic mass is 10.2. The van der Waals surface area contributed by atoms with Crippen molar-refractivity contribution in [3.8, 4) is 0 Å². The third-order valence-corrected chi connectivity index (χ3v) is 2.38. The first-order valence-corrected chi connectivity index (χ1v) is 4.85. The van der Waals surface area contributed by atoms with Gasteiger partial charge in [-0.2, -0.15) is 0 Å². The van der Waals surface area contributed by atoms with Gasteiger partial charge in [0.2, 0.25) is 0 Å². The third-order valence-electron chi connectivity index (χ3n) is 1.50. The van der Waals surface area contributed by atoms with E-state index in [9.17, 15) is 5.21 Å². The van der Waals surface area contributed by atoms with Crippen LogP contribution in [0.3, 0.4) is 0 Å². The Balaban J connectivity index is 3.05. The molecule has 0 bridgehead atoms. The van der Waals surface area contributed by atoms with Crippen LogP contribution in [0.1, 0.15) is 5.56 Å². The molecule has 0 aromatic heterocycles. The summed E-state index contributed by atoms with van der Waals surface area (Å²) in [4.78, 5) is 0. The van der Waals surface area contributed by atoms with Crippen molar-refractivity contribution in [2.45, 2.75) is 0 Å². The lowest BCUT2D eigenvalue weighted by molar-refractivity contribution is -0.418. The van der Waals surface area contributed by atoms with E-state index in [0.717, 1.165) is 15.3 Å². The van der Waals surface area contributed by atoms with Crippen molar-refractivity contribution in [3.05, 3.63) is 41.1 Å². The summed E-state index contributed by atoms with van der Waals surface area (Å²) < 4.78 is 0.889. The molecular formula is C9H11NOS. The first kappa shape index (κ1) is 9.13. The first-order valence-electron chi connectivity index (χ1n) is 3.63. The smallest absolute Gasteiger partial charge is 0.252 e. The molecule has 0 aliphatic heterocycles. The van der Waals surface area contributed by atoms with Gasteiger partial charge in [0, 0.05) is 0 Å². The van der Waals surface area contributed by atoms with Gasteiger partial charge < -0.3 is 5.21 Å². The Kier molecular flexibility index (Phi) is 3.17. The molecule has 3 heteroatoms. The molecule has 0 spiro atoms. The van der Waals surface area contributed by atoms with Crippen LogP contribution in [0.2, 0.25) is 0 Å². The fourth-order valence-corrected chi connectivity index (χ4v) is 1.64. The molecule has 0 fully saturated rings. The molecule has 0 aliphatic carbocycles. The quantitative estimate of drug-likeness (QED) is 0.217. The number of hydroxylamine groups is 1. The van der Waals surface area contributed by atoms with Gasteiger partial charge in [-0.25, -0.2) is 4.74 Å². The van der Waals surface area contributed by atoms with Gasteiger partial charge in [-0.15, -0.1) is 0 Å². The van der Waals surface area contributed by atoms with Crippen LogP contribution in [-0.2, 0) is 0 Å². The Morgan fingerprint density at radius 3 is 2.33 bits per heavy atom. The zero-order valence-electron chi connectivity index (χ0n) is 7.15. The van der Waals surface area contributed by atoms with Crippen LogP contribution >= 0.6 is 11.8 Å². The maximum Gasteiger partial charge on any atom is 0.252 e. The Hall–Kier alpha value is -0.960. The summed E-state index contributed by atoms with van der Waals surface area (Å²) in [6.07, 6.45) is 1.90. The van der Waals surface area contributed by atoms with E-state index in [4.69, 9.17) is 0 Å². The molecule has 0 radical (unpaired) electrons. The number of hydrogen-bond donors (Lipinski definition) is 0. The van der Waals surface area contributed by atoms with Gasteiger partial charge in [-0.05, 0) is 18.4 Å². The van der Waals surface area contributed by atoms with Gasteiger partial charge in [0.25, 0.3) is 5.04 Å². The molecule has 64 valence electrons. The van der Waals surface area contributed by atoms with E-state index in [1.807, 2.05) is 36.6 Å². The van der Waals surface area contributed by atoms with Gasteiger partial charge in [0.1, 0.15) is 7.05 Å². The monoisotopic (exact) mass is 181 g/mol. The molecule has 2 nitrogen and oxygen atoms in total. The van der Waals surface area contributed by atoms with Crippen molar-refractivity contribution in [3.63, 3.8) is 0 Å². The van der Waals surface area contributed by atoms with E-state index >= 15 is 0 Å². The van der Waals surface area contributed by atoms with Crippen molar-refractivity contribution in [2.75, 3.05) is 13.3 Å². The van der Waals surface area contributed by atoms with Gasteiger partial charge in [0.05, 0.1) is 5.56 Å². The molecule has 12 heavy (non-hydrogen) atoms. The van der Waals surface area contributed by atoms with Crippen molar-refractivity contribution in [1.82, 2.24) is 0 Å². The molecule has 0 saturated heterocycles. The van der Waals surface area contributed by atoms with E-state index in [2.05, 4.69) is 0 Å². The largest absolute Gasteiger partial charge is 0.623 e. The topological polar surface area (TPSA) is 26.1 Å². The summed E-state index contributed by atoms with van der Waals surface area (Å²) in [6, 6.07) is 9.65. The fraction of sp³-hybridized carbons (Fsp3) is 0.222. The van der Waals surface area contributed by atoms with Gasteiger partial charge >= 0.3 is 0 Å². The summed E-state index contributed by atoms with van der Waals surface area (Å²) in [5, 5.41) is 11.8. The van der Waals surface area contributed by atoms with Crippen LogP contribution in [0.5, 0.6) is 0 Å². The lowest BCUT2D eigenvalue weighted by Gasteiger charge is -2.03. The highest BCUT2D eigenvalue weighted by molar-refractivity contribution is 8.13. The van der Waals surface area contributed by atoms with Crippen LogP contribution in [0.4, 0.5) is 0 Å². The number of rotatable bonds is 1. The number of benzene rings is 1. The maximum absolute atomic E-state index is 11.0. The normalized spacial score (nSPS) is 12.5. The summed E-state index contributed by atoms with van der Waals surface area (Å²) in [5.41, 5.74) is 0.975. The first-order chi connectivity index (χ1) is 5.75.